The summed E-state index contributed by atoms with van der Waals surface area (Å²) in [6.07, 6.45) is -3.49. The normalized spacial score (nSPS) is 21.9. The SMILES string of the molecule is Nc1nc(C(=O)c2ccc(C(=O)c3ccccc3)cc2)nc2c1ncn2[C@@H]1O[C@H](CO)C(O)C1O. The first kappa shape index (κ1) is 22.7. The highest BCUT2D eigenvalue weighted by Crippen LogP contribution is 2.32. The van der Waals surface area contributed by atoms with Crippen LogP contribution in [0.2, 0.25) is 0 Å². The van der Waals surface area contributed by atoms with Crippen molar-refractivity contribution in [2.45, 2.75) is 24.5 Å². The first-order valence-electron chi connectivity index (χ1n) is 10.8. The van der Waals surface area contributed by atoms with Gasteiger partial charge < -0.3 is 25.8 Å². The van der Waals surface area contributed by atoms with E-state index in [0.29, 0.717) is 11.1 Å². The molecule has 35 heavy (non-hydrogen) atoms. The Morgan fingerprint density at radius 2 is 1.54 bits per heavy atom. The molecule has 1 aliphatic heterocycles. The van der Waals surface area contributed by atoms with Crippen LogP contribution in [0.1, 0.15) is 38.3 Å². The molecule has 1 fully saturated rings. The molecule has 0 aliphatic carbocycles. The second-order valence-electron chi connectivity index (χ2n) is 8.09. The van der Waals surface area contributed by atoms with Gasteiger partial charge in [-0.1, -0.05) is 54.6 Å². The van der Waals surface area contributed by atoms with Crippen molar-refractivity contribution in [3.8, 4) is 0 Å². The van der Waals surface area contributed by atoms with E-state index in [4.69, 9.17) is 10.5 Å². The molecule has 4 aromatic rings. The number of ether oxygens (including phenoxy) is 1. The van der Waals surface area contributed by atoms with Crippen molar-refractivity contribution in [1.29, 1.82) is 0 Å². The lowest BCUT2D eigenvalue weighted by atomic mass is 10.0. The van der Waals surface area contributed by atoms with Gasteiger partial charge in [0.1, 0.15) is 23.8 Å². The van der Waals surface area contributed by atoms with Crippen LogP contribution in [-0.2, 0) is 4.74 Å². The number of aliphatic hydroxyl groups excluding tert-OH is 3. The van der Waals surface area contributed by atoms with Gasteiger partial charge in [0.05, 0.1) is 12.9 Å². The summed E-state index contributed by atoms with van der Waals surface area (Å²) in [4.78, 5) is 38.2. The van der Waals surface area contributed by atoms with Crippen LogP contribution in [0, 0.1) is 0 Å². The number of benzene rings is 2. The van der Waals surface area contributed by atoms with E-state index in [0.717, 1.165) is 0 Å². The zero-order valence-corrected chi connectivity index (χ0v) is 18.2. The van der Waals surface area contributed by atoms with Crippen LogP contribution in [0.4, 0.5) is 5.82 Å². The molecule has 1 saturated heterocycles. The van der Waals surface area contributed by atoms with E-state index in [1.54, 1.807) is 36.4 Å². The fourth-order valence-electron chi connectivity index (χ4n) is 3.99. The van der Waals surface area contributed by atoms with Gasteiger partial charge in [-0.2, -0.15) is 0 Å². The summed E-state index contributed by atoms with van der Waals surface area (Å²) in [6, 6.07) is 14.9. The molecule has 0 saturated carbocycles. The van der Waals surface area contributed by atoms with E-state index < -0.39 is 36.9 Å². The third-order valence-corrected chi connectivity index (χ3v) is 5.89. The van der Waals surface area contributed by atoms with Crippen LogP contribution in [-0.4, -0.2) is 71.3 Å². The van der Waals surface area contributed by atoms with E-state index in [2.05, 4.69) is 15.0 Å². The molecule has 5 rings (SSSR count). The number of nitrogens with zero attached hydrogens (tertiary/aromatic N) is 4. The molecule has 4 atom stereocenters. The Morgan fingerprint density at radius 3 is 2.17 bits per heavy atom. The van der Waals surface area contributed by atoms with Crippen molar-refractivity contribution in [2.24, 2.45) is 0 Å². The Balaban J connectivity index is 1.46. The largest absolute Gasteiger partial charge is 0.394 e. The van der Waals surface area contributed by atoms with Gasteiger partial charge >= 0.3 is 0 Å². The lowest BCUT2D eigenvalue weighted by molar-refractivity contribution is -0.0511. The monoisotopic (exact) mass is 475 g/mol. The Labute approximate surface area is 198 Å². The van der Waals surface area contributed by atoms with Crippen LogP contribution >= 0.6 is 0 Å². The number of anilines is 1. The summed E-state index contributed by atoms with van der Waals surface area (Å²) in [5.41, 5.74) is 7.51. The van der Waals surface area contributed by atoms with E-state index in [1.807, 2.05) is 6.07 Å². The van der Waals surface area contributed by atoms with Crippen LogP contribution in [0.25, 0.3) is 11.2 Å². The standard InChI is InChI=1S/C24H21N5O6/c25-21-16-23(29(11-26-16)24-20(34)19(33)15(10-30)35-24)28-22(27-21)18(32)14-8-6-13(7-9-14)17(31)12-4-2-1-3-5-12/h1-9,11,15,19-20,24,30,33-34H,10H2,(H2,25,27,28)/t15-,19?,20?,24-/m1/s1. The van der Waals surface area contributed by atoms with Gasteiger partial charge in [-0.15, -0.1) is 0 Å². The number of ketones is 2. The van der Waals surface area contributed by atoms with Gasteiger partial charge in [-0.25, -0.2) is 15.0 Å². The number of rotatable bonds is 6. The second kappa shape index (κ2) is 8.96. The lowest BCUT2D eigenvalue weighted by Crippen LogP contribution is -2.33. The third kappa shape index (κ3) is 3.96. The van der Waals surface area contributed by atoms with Gasteiger partial charge in [0.15, 0.2) is 23.5 Å². The highest BCUT2D eigenvalue weighted by atomic mass is 16.6. The molecule has 5 N–H and O–H groups in total. The van der Waals surface area contributed by atoms with Crippen molar-refractivity contribution < 1.29 is 29.6 Å². The number of carbonyl (C=O) groups is 2. The molecule has 2 unspecified atom stereocenters. The van der Waals surface area contributed by atoms with Crippen molar-refractivity contribution in [2.75, 3.05) is 12.3 Å². The summed E-state index contributed by atoms with van der Waals surface area (Å²) < 4.78 is 6.87. The number of hydrogen-bond acceptors (Lipinski definition) is 10. The highest BCUT2D eigenvalue weighted by Gasteiger charge is 2.44. The van der Waals surface area contributed by atoms with Gasteiger partial charge in [0, 0.05) is 16.7 Å². The molecular weight excluding hydrogens is 454 g/mol. The molecule has 0 radical (unpaired) electrons. The van der Waals surface area contributed by atoms with Crippen molar-refractivity contribution >= 4 is 28.5 Å². The second-order valence-corrected chi connectivity index (χ2v) is 8.09. The predicted octanol–water partition coefficient (Wildman–Crippen LogP) is 0.482. The number of aromatic nitrogens is 4. The van der Waals surface area contributed by atoms with Crippen LogP contribution in [0.3, 0.4) is 0 Å². The molecule has 11 heteroatoms. The Kier molecular flexibility index (Phi) is 5.83. The Bertz CT molecular complexity index is 1410. The zero-order chi connectivity index (χ0) is 24.7. The van der Waals surface area contributed by atoms with Crippen LogP contribution in [0.5, 0.6) is 0 Å². The molecule has 0 bridgehead atoms. The summed E-state index contributed by atoms with van der Waals surface area (Å²) in [7, 11) is 0. The molecule has 2 aromatic heterocycles. The molecule has 0 amide bonds. The summed E-state index contributed by atoms with van der Waals surface area (Å²) >= 11 is 0. The van der Waals surface area contributed by atoms with Gasteiger partial charge in [-0.05, 0) is 0 Å². The van der Waals surface area contributed by atoms with E-state index >= 15 is 0 Å². The van der Waals surface area contributed by atoms with Crippen LogP contribution < -0.4 is 5.73 Å². The molecule has 2 aromatic carbocycles. The van der Waals surface area contributed by atoms with Gasteiger partial charge in [0.2, 0.25) is 11.6 Å². The number of aliphatic hydroxyl groups is 3. The maximum absolute atomic E-state index is 13.1. The Hall–Kier alpha value is -4.03. The number of hydrogen-bond donors (Lipinski definition) is 4. The molecule has 3 heterocycles. The zero-order valence-electron chi connectivity index (χ0n) is 18.2. The van der Waals surface area contributed by atoms with E-state index in [9.17, 15) is 24.9 Å². The summed E-state index contributed by atoms with van der Waals surface area (Å²) in [5.74, 6) is -0.981. The topological polar surface area (TPSA) is 174 Å². The quantitative estimate of drug-likeness (QED) is 0.287. The number of carbonyl (C=O) groups excluding carboxylic acids is 2. The first-order chi connectivity index (χ1) is 16.9. The van der Waals surface area contributed by atoms with Gasteiger partial charge in [-0.3, -0.25) is 14.2 Å². The number of imidazole rings is 1. The lowest BCUT2D eigenvalue weighted by Gasteiger charge is -2.16. The molecular formula is C24H21N5O6. The fourth-order valence-corrected chi connectivity index (χ4v) is 3.99. The molecule has 1 aliphatic rings. The molecule has 178 valence electrons. The van der Waals surface area contributed by atoms with Crippen molar-refractivity contribution in [3.63, 3.8) is 0 Å². The maximum Gasteiger partial charge on any atom is 0.230 e. The van der Waals surface area contributed by atoms with Crippen LogP contribution in [0.15, 0.2) is 60.9 Å². The van der Waals surface area contributed by atoms with E-state index in [-0.39, 0.29) is 34.2 Å². The first-order valence-corrected chi connectivity index (χ1v) is 10.8. The molecule has 11 nitrogen and oxygen atoms in total. The maximum atomic E-state index is 13.1. The fraction of sp³-hybridized carbons (Fsp3) is 0.208. The average molecular weight is 475 g/mol. The minimum atomic E-state index is -1.37. The minimum absolute atomic E-state index is 0.0558. The summed E-state index contributed by atoms with van der Waals surface area (Å²) in [5, 5.41) is 29.8. The van der Waals surface area contributed by atoms with E-state index in [1.165, 1.54) is 23.0 Å². The van der Waals surface area contributed by atoms with Gasteiger partial charge in [0.25, 0.3) is 0 Å². The minimum Gasteiger partial charge on any atom is -0.394 e. The van der Waals surface area contributed by atoms with Crippen molar-refractivity contribution in [1.82, 2.24) is 19.5 Å². The van der Waals surface area contributed by atoms with Crippen molar-refractivity contribution in [3.05, 3.63) is 83.4 Å². The number of fused-ring (bicyclic) bond motifs is 1. The summed E-state index contributed by atoms with van der Waals surface area (Å²) in [6.45, 7) is -0.495. The third-order valence-electron chi connectivity index (χ3n) is 5.89. The number of nitrogen functional groups attached to an aromatic ring is 1. The smallest absolute Gasteiger partial charge is 0.230 e. The predicted molar refractivity (Wildman–Crippen MR) is 122 cm³/mol. The number of nitrogens with two attached hydrogens (primary N) is 1. The Morgan fingerprint density at radius 1 is 0.914 bits per heavy atom. The average Bonchev–Trinajstić information content (AvgIpc) is 3.44. The highest BCUT2D eigenvalue weighted by molar-refractivity contribution is 6.11. The molecule has 0 spiro atoms.